The van der Waals surface area contributed by atoms with Gasteiger partial charge in [0, 0.05) is 50.0 Å². The van der Waals surface area contributed by atoms with E-state index >= 15 is 0 Å². The van der Waals surface area contributed by atoms with Crippen LogP contribution in [0.5, 0.6) is 0 Å². The molecule has 2 N–H and O–H groups in total. The summed E-state index contributed by atoms with van der Waals surface area (Å²) < 4.78 is 14.6. The zero-order valence-corrected chi connectivity index (χ0v) is 15.9. The number of halogens is 2. The lowest BCUT2D eigenvalue weighted by Crippen LogP contribution is -2.44. The Labute approximate surface area is 155 Å². The Morgan fingerprint density at radius 3 is 2.60 bits per heavy atom. The number of hydrogen-bond donors (Lipinski definition) is 2. The van der Waals surface area contributed by atoms with Crippen LogP contribution >= 0.6 is 12.4 Å². The molecule has 0 aliphatic carbocycles. The summed E-state index contributed by atoms with van der Waals surface area (Å²) in [5.74, 6) is -0.134. The van der Waals surface area contributed by atoms with Crippen molar-refractivity contribution in [2.45, 2.75) is 26.4 Å². The Bertz CT molecular complexity index is 682. The van der Waals surface area contributed by atoms with Gasteiger partial charge in [0.2, 0.25) is 0 Å². The molecule has 3 rings (SSSR count). The molecule has 1 aliphatic rings. The van der Waals surface area contributed by atoms with E-state index in [2.05, 4.69) is 39.3 Å². The number of anilines is 1. The standard InChI is InChI=1S/C18H26FN5.ClH/c1-13(20-11-16-12-21-22-14(16)2)15-4-5-18(17(19)10-15)24-8-6-23(3)7-9-24;/h4-5,10,12-13,20H,6-9,11H2,1-3H3,(H,21,22);1H. The average molecular weight is 368 g/mol. The highest BCUT2D eigenvalue weighted by Crippen LogP contribution is 2.24. The number of aryl methyl sites for hydroxylation is 1. The molecule has 1 aromatic heterocycles. The molecule has 0 saturated carbocycles. The third-order valence-corrected chi connectivity index (χ3v) is 4.85. The summed E-state index contributed by atoms with van der Waals surface area (Å²) >= 11 is 0. The van der Waals surface area contributed by atoms with E-state index in [9.17, 15) is 4.39 Å². The highest BCUT2D eigenvalue weighted by atomic mass is 35.5. The van der Waals surface area contributed by atoms with E-state index in [-0.39, 0.29) is 24.3 Å². The van der Waals surface area contributed by atoms with Gasteiger partial charge in [0.15, 0.2) is 0 Å². The Morgan fingerprint density at radius 2 is 2.00 bits per heavy atom. The lowest BCUT2D eigenvalue weighted by atomic mass is 10.1. The van der Waals surface area contributed by atoms with Crippen molar-refractivity contribution in [3.8, 4) is 0 Å². The summed E-state index contributed by atoms with van der Waals surface area (Å²) in [6.07, 6.45) is 1.83. The summed E-state index contributed by atoms with van der Waals surface area (Å²) in [5.41, 5.74) is 3.87. The van der Waals surface area contributed by atoms with Crippen LogP contribution < -0.4 is 10.2 Å². The van der Waals surface area contributed by atoms with Crippen LogP contribution in [0.15, 0.2) is 24.4 Å². The van der Waals surface area contributed by atoms with Crippen molar-refractivity contribution in [2.24, 2.45) is 0 Å². The molecule has 0 spiro atoms. The molecule has 25 heavy (non-hydrogen) atoms. The highest BCUT2D eigenvalue weighted by molar-refractivity contribution is 5.85. The lowest BCUT2D eigenvalue weighted by molar-refractivity contribution is 0.311. The Balaban J connectivity index is 0.00000225. The van der Waals surface area contributed by atoms with Crippen molar-refractivity contribution in [2.75, 3.05) is 38.1 Å². The summed E-state index contributed by atoms with van der Waals surface area (Å²) in [4.78, 5) is 4.40. The first kappa shape index (κ1) is 19.7. The van der Waals surface area contributed by atoms with Gasteiger partial charge in [0.25, 0.3) is 0 Å². The van der Waals surface area contributed by atoms with Crippen molar-refractivity contribution in [3.63, 3.8) is 0 Å². The van der Waals surface area contributed by atoms with Gasteiger partial charge in [-0.05, 0) is 38.6 Å². The summed E-state index contributed by atoms with van der Waals surface area (Å²) in [5, 5.41) is 10.4. The molecule has 0 amide bonds. The molecule has 1 unspecified atom stereocenters. The SMILES string of the molecule is Cc1[nH]ncc1CNC(C)c1ccc(N2CCN(C)CC2)c(F)c1.Cl. The number of nitrogens with one attached hydrogen (secondary N) is 2. The van der Waals surface area contributed by atoms with Crippen molar-refractivity contribution < 1.29 is 4.39 Å². The monoisotopic (exact) mass is 367 g/mol. The minimum atomic E-state index is -0.134. The van der Waals surface area contributed by atoms with Crippen molar-refractivity contribution >= 4 is 18.1 Å². The van der Waals surface area contributed by atoms with E-state index in [1.165, 1.54) is 0 Å². The molecule has 138 valence electrons. The number of likely N-dealkylation sites (N-methyl/N-ethyl adjacent to an activating group) is 1. The van der Waals surface area contributed by atoms with Gasteiger partial charge in [-0.15, -0.1) is 12.4 Å². The second kappa shape index (κ2) is 8.65. The molecular weight excluding hydrogens is 341 g/mol. The fourth-order valence-electron chi connectivity index (χ4n) is 3.03. The third kappa shape index (κ3) is 4.71. The van der Waals surface area contributed by atoms with Crippen LogP contribution in [0.4, 0.5) is 10.1 Å². The number of aromatic amines is 1. The number of H-pyrrole nitrogens is 1. The normalized spacial score (nSPS) is 16.6. The molecule has 1 aliphatic heterocycles. The molecule has 1 atom stereocenters. The van der Waals surface area contributed by atoms with Crippen molar-refractivity contribution in [3.05, 3.63) is 47.0 Å². The van der Waals surface area contributed by atoms with Crippen LogP contribution in [-0.2, 0) is 6.54 Å². The smallest absolute Gasteiger partial charge is 0.146 e. The van der Waals surface area contributed by atoms with Gasteiger partial charge in [-0.2, -0.15) is 5.10 Å². The van der Waals surface area contributed by atoms with Crippen LogP contribution in [0.2, 0.25) is 0 Å². The zero-order valence-electron chi connectivity index (χ0n) is 15.1. The summed E-state index contributed by atoms with van der Waals surface area (Å²) in [6.45, 7) is 8.47. The van der Waals surface area contributed by atoms with E-state index in [0.29, 0.717) is 12.2 Å². The zero-order chi connectivity index (χ0) is 17.1. The molecule has 0 bridgehead atoms. The van der Waals surface area contributed by atoms with Crippen LogP contribution in [0.1, 0.15) is 29.8 Å². The van der Waals surface area contributed by atoms with E-state index in [0.717, 1.165) is 43.0 Å². The number of rotatable bonds is 5. The Hall–Kier alpha value is -1.63. The van der Waals surface area contributed by atoms with Gasteiger partial charge in [-0.25, -0.2) is 4.39 Å². The third-order valence-electron chi connectivity index (χ3n) is 4.85. The average Bonchev–Trinajstić information content (AvgIpc) is 2.98. The van der Waals surface area contributed by atoms with E-state index in [1.54, 1.807) is 6.07 Å². The number of nitrogens with zero attached hydrogens (tertiary/aromatic N) is 3. The fraction of sp³-hybridized carbons (Fsp3) is 0.500. The quantitative estimate of drug-likeness (QED) is 0.853. The second-order valence-electron chi connectivity index (χ2n) is 6.62. The molecule has 1 saturated heterocycles. The molecule has 0 radical (unpaired) electrons. The molecule has 7 heteroatoms. The van der Waals surface area contributed by atoms with E-state index in [1.807, 2.05) is 25.3 Å². The topological polar surface area (TPSA) is 47.2 Å². The van der Waals surface area contributed by atoms with Crippen molar-refractivity contribution in [1.82, 2.24) is 20.4 Å². The van der Waals surface area contributed by atoms with Crippen LogP contribution in [0, 0.1) is 12.7 Å². The maximum atomic E-state index is 14.6. The van der Waals surface area contributed by atoms with Gasteiger partial charge >= 0.3 is 0 Å². The number of piperazine rings is 1. The highest BCUT2D eigenvalue weighted by Gasteiger charge is 2.18. The van der Waals surface area contributed by atoms with Gasteiger partial charge in [-0.1, -0.05) is 6.07 Å². The van der Waals surface area contributed by atoms with E-state index < -0.39 is 0 Å². The first-order valence-electron chi connectivity index (χ1n) is 8.50. The van der Waals surface area contributed by atoms with Crippen LogP contribution in [0.25, 0.3) is 0 Å². The van der Waals surface area contributed by atoms with Crippen LogP contribution in [-0.4, -0.2) is 48.3 Å². The first-order valence-corrected chi connectivity index (χ1v) is 8.50. The molecule has 1 aromatic carbocycles. The Morgan fingerprint density at radius 1 is 1.28 bits per heavy atom. The summed E-state index contributed by atoms with van der Waals surface area (Å²) in [7, 11) is 2.10. The Kier molecular flexibility index (Phi) is 6.81. The first-order chi connectivity index (χ1) is 11.5. The van der Waals surface area contributed by atoms with E-state index in [4.69, 9.17) is 0 Å². The predicted octanol–water partition coefficient (Wildman–Crippen LogP) is 2.88. The molecule has 5 nitrogen and oxygen atoms in total. The molecule has 1 fully saturated rings. The number of aromatic nitrogens is 2. The van der Waals surface area contributed by atoms with Gasteiger partial charge in [-0.3, -0.25) is 5.10 Å². The molecule has 2 heterocycles. The fourth-order valence-corrected chi connectivity index (χ4v) is 3.03. The summed E-state index contributed by atoms with van der Waals surface area (Å²) in [6, 6.07) is 5.68. The minimum absolute atomic E-state index is 0. The lowest BCUT2D eigenvalue weighted by Gasteiger charge is -2.34. The molecule has 2 aromatic rings. The van der Waals surface area contributed by atoms with Crippen molar-refractivity contribution in [1.29, 1.82) is 0 Å². The molecular formula is C18H27ClFN5. The largest absolute Gasteiger partial charge is 0.367 e. The van der Waals surface area contributed by atoms with Crippen LogP contribution in [0.3, 0.4) is 0 Å². The minimum Gasteiger partial charge on any atom is -0.367 e. The van der Waals surface area contributed by atoms with Gasteiger partial charge in [0.1, 0.15) is 5.82 Å². The maximum Gasteiger partial charge on any atom is 0.146 e. The number of benzene rings is 1. The number of hydrogen-bond acceptors (Lipinski definition) is 4. The van der Waals surface area contributed by atoms with Gasteiger partial charge < -0.3 is 15.1 Å². The maximum absolute atomic E-state index is 14.6. The predicted molar refractivity (Wildman–Crippen MR) is 102 cm³/mol. The van der Waals surface area contributed by atoms with Gasteiger partial charge in [0.05, 0.1) is 11.9 Å². The second-order valence-corrected chi connectivity index (χ2v) is 6.62.